The summed E-state index contributed by atoms with van der Waals surface area (Å²) in [6, 6.07) is 2.28. The quantitative estimate of drug-likeness (QED) is 0.850. The number of aryl methyl sites for hydroxylation is 2. The second kappa shape index (κ2) is 6.21. The van der Waals surface area contributed by atoms with Crippen molar-refractivity contribution in [2.24, 2.45) is 0 Å². The van der Waals surface area contributed by atoms with E-state index in [1.54, 1.807) is 13.8 Å². The third-order valence-corrected chi connectivity index (χ3v) is 5.07. The van der Waals surface area contributed by atoms with Crippen LogP contribution < -0.4 is 4.72 Å². The van der Waals surface area contributed by atoms with E-state index in [9.17, 15) is 13.2 Å². The van der Waals surface area contributed by atoms with Gasteiger partial charge in [0.2, 0.25) is 0 Å². The smallest absolute Gasteiger partial charge is 0.336 e. The zero-order valence-corrected chi connectivity index (χ0v) is 14.2. The summed E-state index contributed by atoms with van der Waals surface area (Å²) < 4.78 is 32.5. The largest absolute Gasteiger partial charge is 0.478 e. The van der Waals surface area contributed by atoms with Crippen molar-refractivity contribution in [2.45, 2.75) is 32.1 Å². The van der Waals surface area contributed by atoms with E-state index in [1.165, 1.54) is 13.0 Å². The molecule has 2 rings (SSSR count). The highest BCUT2D eigenvalue weighted by Crippen LogP contribution is 2.28. The molecule has 1 aromatic heterocycles. The number of sulfonamides is 1. The van der Waals surface area contributed by atoms with Crippen molar-refractivity contribution in [3.05, 3.63) is 39.7 Å². The maximum absolute atomic E-state index is 12.5. The van der Waals surface area contributed by atoms with E-state index < -0.39 is 16.0 Å². The summed E-state index contributed by atoms with van der Waals surface area (Å²) in [5.74, 6) is -0.861. The maximum atomic E-state index is 12.5. The number of carboxylic acids is 1. The lowest BCUT2D eigenvalue weighted by atomic mass is 10.1. The molecule has 9 heteroatoms. The molecule has 2 N–H and O–H groups in total. The number of carbonyl (C=O) groups is 1. The summed E-state index contributed by atoms with van der Waals surface area (Å²) in [6.45, 7) is 4.91. The Labute approximate surface area is 138 Å². The van der Waals surface area contributed by atoms with Gasteiger partial charge in [0.25, 0.3) is 10.0 Å². The zero-order chi connectivity index (χ0) is 17.4. The molecule has 23 heavy (non-hydrogen) atoms. The first kappa shape index (κ1) is 17.3. The molecule has 0 aliphatic carbocycles. The van der Waals surface area contributed by atoms with Gasteiger partial charge in [-0.05, 0) is 31.5 Å². The highest BCUT2D eigenvalue weighted by Gasteiger charge is 2.23. The Hall–Kier alpha value is -2.06. The molecule has 0 aliphatic rings. The lowest BCUT2D eigenvalue weighted by Crippen LogP contribution is -2.15. The number of anilines is 1. The van der Waals surface area contributed by atoms with Gasteiger partial charge in [-0.15, -0.1) is 0 Å². The van der Waals surface area contributed by atoms with E-state index in [-0.39, 0.29) is 21.2 Å². The molecule has 0 saturated carbocycles. The molecule has 0 spiro atoms. The van der Waals surface area contributed by atoms with Gasteiger partial charge in [0, 0.05) is 11.4 Å². The van der Waals surface area contributed by atoms with E-state index in [0.717, 1.165) is 6.07 Å². The van der Waals surface area contributed by atoms with Crippen LogP contribution in [0.5, 0.6) is 0 Å². The Morgan fingerprint density at radius 1 is 1.39 bits per heavy atom. The van der Waals surface area contributed by atoms with Crippen LogP contribution in [0, 0.1) is 13.8 Å². The van der Waals surface area contributed by atoms with Crippen LogP contribution >= 0.6 is 11.6 Å². The predicted molar refractivity (Wildman–Crippen MR) is 84.6 cm³/mol. The highest BCUT2D eigenvalue weighted by molar-refractivity contribution is 7.92. The minimum atomic E-state index is -4.03. The summed E-state index contributed by atoms with van der Waals surface area (Å²) in [6.07, 6.45) is 0.452. The number of aromatic nitrogens is 1. The molecule has 2 aromatic rings. The Kier molecular flexibility index (Phi) is 4.67. The molecule has 1 heterocycles. The number of hydrogen-bond donors (Lipinski definition) is 2. The second-order valence-electron chi connectivity index (χ2n) is 4.91. The fourth-order valence-electron chi connectivity index (χ4n) is 2.01. The van der Waals surface area contributed by atoms with Crippen molar-refractivity contribution in [3.8, 4) is 0 Å². The maximum Gasteiger partial charge on any atom is 0.336 e. The van der Waals surface area contributed by atoms with E-state index in [0.29, 0.717) is 23.4 Å². The minimum absolute atomic E-state index is 0.0584. The van der Waals surface area contributed by atoms with Crippen molar-refractivity contribution < 1.29 is 22.8 Å². The van der Waals surface area contributed by atoms with Gasteiger partial charge in [-0.3, -0.25) is 4.72 Å². The topological polar surface area (TPSA) is 110 Å². The predicted octanol–water partition coefficient (Wildman–Crippen LogP) is 3.01. The molecule has 0 amide bonds. The number of hydrogen-bond acceptors (Lipinski definition) is 5. The summed E-state index contributed by atoms with van der Waals surface area (Å²) >= 11 is 5.95. The summed E-state index contributed by atoms with van der Waals surface area (Å²) in [7, 11) is -4.03. The average molecular weight is 359 g/mol. The molecular weight excluding hydrogens is 344 g/mol. The molecular formula is C14H15ClN2O5S. The fourth-order valence-corrected chi connectivity index (χ4v) is 3.49. The van der Waals surface area contributed by atoms with Gasteiger partial charge in [-0.2, -0.15) is 0 Å². The van der Waals surface area contributed by atoms with Crippen LogP contribution in [-0.4, -0.2) is 24.7 Å². The summed E-state index contributed by atoms with van der Waals surface area (Å²) in [5, 5.41) is 12.9. The van der Waals surface area contributed by atoms with Crippen LogP contribution in [-0.2, 0) is 16.4 Å². The monoisotopic (exact) mass is 358 g/mol. The van der Waals surface area contributed by atoms with Gasteiger partial charge in [0.05, 0.1) is 10.5 Å². The lowest BCUT2D eigenvalue weighted by molar-refractivity contribution is 0.0696. The number of carboxylic acid groups (broad SMARTS) is 1. The molecule has 0 atom stereocenters. The normalized spacial score (nSPS) is 11.5. The zero-order valence-electron chi connectivity index (χ0n) is 12.7. The molecule has 124 valence electrons. The van der Waals surface area contributed by atoms with Crippen LogP contribution in [0.3, 0.4) is 0 Å². The number of aromatic carboxylic acids is 1. The summed E-state index contributed by atoms with van der Waals surface area (Å²) in [4.78, 5) is 11.0. The van der Waals surface area contributed by atoms with Gasteiger partial charge in [0.1, 0.15) is 11.4 Å². The average Bonchev–Trinajstić information content (AvgIpc) is 2.81. The Morgan fingerprint density at radius 2 is 2.04 bits per heavy atom. The highest BCUT2D eigenvalue weighted by atomic mass is 35.5. The van der Waals surface area contributed by atoms with Gasteiger partial charge in [-0.1, -0.05) is 23.7 Å². The van der Waals surface area contributed by atoms with Gasteiger partial charge in [0.15, 0.2) is 5.76 Å². The van der Waals surface area contributed by atoms with Crippen LogP contribution in [0.1, 0.15) is 34.3 Å². The van der Waals surface area contributed by atoms with Crippen molar-refractivity contribution in [1.29, 1.82) is 0 Å². The van der Waals surface area contributed by atoms with Crippen LogP contribution in [0.4, 0.5) is 5.69 Å². The molecule has 7 nitrogen and oxygen atoms in total. The van der Waals surface area contributed by atoms with Crippen LogP contribution in [0.25, 0.3) is 0 Å². The van der Waals surface area contributed by atoms with Crippen molar-refractivity contribution in [1.82, 2.24) is 5.16 Å². The van der Waals surface area contributed by atoms with Gasteiger partial charge >= 0.3 is 5.97 Å². The summed E-state index contributed by atoms with van der Waals surface area (Å²) in [5.41, 5.74) is 0.771. The molecule has 0 bridgehead atoms. The van der Waals surface area contributed by atoms with E-state index in [4.69, 9.17) is 21.2 Å². The van der Waals surface area contributed by atoms with Crippen LogP contribution in [0.2, 0.25) is 5.02 Å². The first-order valence-corrected chi connectivity index (χ1v) is 8.55. The Bertz CT molecular complexity index is 874. The molecule has 0 unspecified atom stereocenters. The SMILES string of the molecule is CCc1onc(C)c1NS(=O)(=O)c1cc(Cl)c(C)c(C(=O)O)c1. The van der Waals surface area contributed by atoms with Crippen molar-refractivity contribution >= 4 is 33.3 Å². The van der Waals surface area contributed by atoms with E-state index >= 15 is 0 Å². The molecule has 1 aromatic carbocycles. The third-order valence-electron chi connectivity index (χ3n) is 3.35. The van der Waals surface area contributed by atoms with E-state index in [2.05, 4.69) is 9.88 Å². The van der Waals surface area contributed by atoms with E-state index in [1.807, 2.05) is 0 Å². The molecule has 0 saturated heterocycles. The van der Waals surface area contributed by atoms with Gasteiger partial charge in [-0.25, -0.2) is 13.2 Å². The third kappa shape index (κ3) is 3.32. The molecule has 0 fully saturated rings. The first-order chi connectivity index (χ1) is 10.7. The number of nitrogens with one attached hydrogen (secondary N) is 1. The number of nitrogens with zero attached hydrogens (tertiary/aromatic N) is 1. The van der Waals surface area contributed by atoms with Crippen molar-refractivity contribution in [3.63, 3.8) is 0 Å². The van der Waals surface area contributed by atoms with Gasteiger partial charge < -0.3 is 9.63 Å². The molecule has 0 aliphatic heterocycles. The number of rotatable bonds is 5. The first-order valence-electron chi connectivity index (χ1n) is 6.68. The molecule has 0 radical (unpaired) electrons. The standard InChI is InChI=1S/C14H15ClN2O5S/c1-4-12-13(8(3)16-22-12)17-23(20,21)9-5-10(14(18)19)7(2)11(15)6-9/h5-6,17H,4H2,1-3H3,(H,18,19). The lowest BCUT2D eigenvalue weighted by Gasteiger charge is -2.11. The number of benzene rings is 1. The number of halogens is 1. The van der Waals surface area contributed by atoms with Crippen LogP contribution in [0.15, 0.2) is 21.6 Å². The Balaban J connectivity index is 2.52. The fraction of sp³-hybridized carbons (Fsp3) is 0.286. The second-order valence-corrected chi connectivity index (χ2v) is 7.00. The Morgan fingerprint density at radius 3 is 2.61 bits per heavy atom. The minimum Gasteiger partial charge on any atom is -0.478 e. The van der Waals surface area contributed by atoms with Crippen molar-refractivity contribution in [2.75, 3.05) is 4.72 Å².